The third-order valence-corrected chi connectivity index (χ3v) is 4.04. The number of benzene rings is 2. The number of rotatable bonds is 4. The molecule has 5 nitrogen and oxygen atoms in total. The monoisotopic (exact) mass is 381 g/mol. The van der Waals surface area contributed by atoms with Gasteiger partial charge in [0, 0.05) is 13.6 Å². The van der Waals surface area contributed by atoms with Crippen molar-refractivity contribution < 1.29 is 32.2 Å². The minimum absolute atomic E-state index is 0.208. The number of carbonyl (C=O) groups excluding carboxylic acids is 1. The van der Waals surface area contributed by atoms with Gasteiger partial charge in [-0.1, -0.05) is 24.3 Å². The van der Waals surface area contributed by atoms with E-state index in [0.717, 1.165) is 0 Å². The van der Waals surface area contributed by atoms with Gasteiger partial charge in [0.1, 0.15) is 11.9 Å². The van der Waals surface area contributed by atoms with Crippen LogP contribution in [0.5, 0.6) is 17.2 Å². The molecule has 0 saturated heterocycles. The number of halogens is 3. The maximum Gasteiger partial charge on any atom is 0.573 e. The Morgan fingerprint density at radius 3 is 2.26 bits per heavy atom. The van der Waals surface area contributed by atoms with Gasteiger partial charge >= 0.3 is 6.36 Å². The number of hydrogen-bond acceptors (Lipinski definition) is 4. The number of likely N-dealkylation sites (N-methyl/N-ethyl adjacent to an activating group) is 1. The Labute approximate surface area is 154 Å². The van der Waals surface area contributed by atoms with Crippen molar-refractivity contribution in [1.29, 1.82) is 0 Å². The maximum atomic E-state index is 12.7. The van der Waals surface area contributed by atoms with Gasteiger partial charge in [0.25, 0.3) is 5.91 Å². The van der Waals surface area contributed by atoms with E-state index < -0.39 is 18.6 Å². The highest BCUT2D eigenvalue weighted by Gasteiger charge is 2.36. The van der Waals surface area contributed by atoms with Gasteiger partial charge in [-0.25, -0.2) is 0 Å². The predicted octanol–water partition coefficient (Wildman–Crippen LogP) is 3.77. The Hall–Kier alpha value is -2.90. The van der Waals surface area contributed by atoms with Crippen LogP contribution < -0.4 is 14.2 Å². The summed E-state index contributed by atoms with van der Waals surface area (Å²) in [5, 5.41) is 0. The summed E-state index contributed by atoms with van der Waals surface area (Å²) in [6.45, 7) is 1.95. The second kappa shape index (κ2) is 7.38. The van der Waals surface area contributed by atoms with Crippen LogP contribution in [0.15, 0.2) is 48.5 Å². The SMILES string of the molecule is CC1Oc2ccccc2OC1C(=O)N(C)Cc1ccc(OC(F)(F)F)cc1. The zero-order valence-electron chi connectivity index (χ0n) is 14.7. The van der Waals surface area contributed by atoms with E-state index in [2.05, 4.69) is 4.74 Å². The van der Waals surface area contributed by atoms with Crippen LogP contribution in [0.2, 0.25) is 0 Å². The van der Waals surface area contributed by atoms with Crippen LogP contribution >= 0.6 is 0 Å². The normalized spacial score (nSPS) is 18.7. The van der Waals surface area contributed by atoms with E-state index in [1.54, 1.807) is 32.2 Å². The molecule has 3 rings (SSSR count). The summed E-state index contributed by atoms with van der Waals surface area (Å²) in [6.07, 6.45) is -6.02. The average molecular weight is 381 g/mol. The first-order valence-corrected chi connectivity index (χ1v) is 8.25. The molecule has 2 aromatic rings. The lowest BCUT2D eigenvalue weighted by molar-refractivity contribution is -0.274. The first-order chi connectivity index (χ1) is 12.7. The Morgan fingerprint density at radius 1 is 1.07 bits per heavy atom. The highest BCUT2D eigenvalue weighted by molar-refractivity contribution is 5.82. The summed E-state index contributed by atoms with van der Waals surface area (Å²) in [5.41, 5.74) is 0.658. The fraction of sp³-hybridized carbons (Fsp3) is 0.316. The molecule has 1 heterocycles. The van der Waals surface area contributed by atoms with E-state index in [-0.39, 0.29) is 18.2 Å². The van der Waals surface area contributed by atoms with E-state index in [4.69, 9.17) is 9.47 Å². The maximum absolute atomic E-state index is 12.7. The van der Waals surface area contributed by atoms with Gasteiger partial charge in [-0.05, 0) is 36.8 Å². The van der Waals surface area contributed by atoms with Crippen molar-refractivity contribution in [2.24, 2.45) is 0 Å². The van der Waals surface area contributed by atoms with Crippen molar-refractivity contribution in [2.45, 2.75) is 32.0 Å². The fourth-order valence-corrected chi connectivity index (χ4v) is 2.76. The Balaban J connectivity index is 1.64. The molecule has 0 fully saturated rings. The van der Waals surface area contributed by atoms with Crippen molar-refractivity contribution in [3.8, 4) is 17.2 Å². The summed E-state index contributed by atoms with van der Waals surface area (Å²) in [7, 11) is 1.60. The third kappa shape index (κ3) is 4.64. The van der Waals surface area contributed by atoms with Crippen LogP contribution in [0.4, 0.5) is 13.2 Å². The minimum Gasteiger partial charge on any atom is -0.482 e. The molecule has 2 aromatic carbocycles. The molecule has 8 heteroatoms. The summed E-state index contributed by atoms with van der Waals surface area (Å²) < 4.78 is 52.0. The second-order valence-corrected chi connectivity index (χ2v) is 6.19. The van der Waals surface area contributed by atoms with Gasteiger partial charge in [-0.2, -0.15) is 0 Å². The third-order valence-electron chi connectivity index (χ3n) is 4.04. The first kappa shape index (κ1) is 18.9. The number of amides is 1. The molecule has 1 amide bonds. The molecule has 2 atom stereocenters. The molecular formula is C19H18F3NO4. The highest BCUT2D eigenvalue weighted by Crippen LogP contribution is 2.34. The zero-order chi connectivity index (χ0) is 19.6. The number of carbonyl (C=O) groups is 1. The molecule has 0 radical (unpaired) electrons. The molecule has 0 aromatic heterocycles. The number of ether oxygens (including phenoxy) is 3. The zero-order valence-corrected chi connectivity index (χ0v) is 14.7. The number of alkyl halides is 3. The smallest absolute Gasteiger partial charge is 0.482 e. The molecule has 0 spiro atoms. The van der Waals surface area contributed by atoms with Crippen LogP contribution in [-0.2, 0) is 11.3 Å². The Kier molecular flexibility index (Phi) is 5.16. The molecule has 0 saturated carbocycles. The van der Waals surface area contributed by atoms with Gasteiger partial charge in [-0.3, -0.25) is 4.79 Å². The number of hydrogen-bond donors (Lipinski definition) is 0. The van der Waals surface area contributed by atoms with E-state index in [0.29, 0.717) is 17.1 Å². The lowest BCUT2D eigenvalue weighted by Gasteiger charge is -2.33. The van der Waals surface area contributed by atoms with Gasteiger partial charge in [0.2, 0.25) is 6.10 Å². The lowest BCUT2D eigenvalue weighted by Crippen LogP contribution is -2.49. The van der Waals surface area contributed by atoms with E-state index in [1.165, 1.54) is 29.2 Å². The van der Waals surface area contributed by atoms with Crippen molar-refractivity contribution in [1.82, 2.24) is 4.90 Å². The summed E-state index contributed by atoms with van der Waals surface area (Å²) in [4.78, 5) is 14.2. The van der Waals surface area contributed by atoms with Gasteiger partial charge in [0.05, 0.1) is 0 Å². The van der Waals surface area contributed by atoms with E-state index >= 15 is 0 Å². The quantitative estimate of drug-likeness (QED) is 0.809. The van der Waals surface area contributed by atoms with Crippen LogP contribution in [-0.4, -0.2) is 36.4 Å². The molecule has 27 heavy (non-hydrogen) atoms. The van der Waals surface area contributed by atoms with Crippen molar-refractivity contribution in [2.75, 3.05) is 7.05 Å². The topological polar surface area (TPSA) is 48.0 Å². The molecule has 1 aliphatic rings. The summed E-state index contributed by atoms with van der Waals surface area (Å²) >= 11 is 0. The van der Waals surface area contributed by atoms with Crippen molar-refractivity contribution in [3.05, 3.63) is 54.1 Å². The Bertz CT molecular complexity index is 807. The molecule has 0 bridgehead atoms. The minimum atomic E-state index is -4.74. The number of para-hydroxylation sites is 2. The summed E-state index contributed by atoms with van der Waals surface area (Å²) in [5.74, 6) is 0.482. The average Bonchev–Trinajstić information content (AvgIpc) is 2.61. The molecule has 0 N–H and O–H groups in total. The predicted molar refractivity (Wildman–Crippen MR) is 90.5 cm³/mol. The largest absolute Gasteiger partial charge is 0.573 e. The van der Waals surface area contributed by atoms with E-state index in [1.807, 2.05) is 6.07 Å². The van der Waals surface area contributed by atoms with Gasteiger partial charge < -0.3 is 19.1 Å². The highest BCUT2D eigenvalue weighted by atomic mass is 19.4. The van der Waals surface area contributed by atoms with Crippen LogP contribution in [0.3, 0.4) is 0 Å². The van der Waals surface area contributed by atoms with Crippen LogP contribution in [0.25, 0.3) is 0 Å². The second-order valence-electron chi connectivity index (χ2n) is 6.19. The standard InChI is InChI=1S/C19H18F3NO4/c1-12-17(26-16-6-4-3-5-15(16)25-12)18(24)23(2)11-13-7-9-14(10-8-13)27-19(20,21)22/h3-10,12,17H,11H2,1-2H3. The fourth-order valence-electron chi connectivity index (χ4n) is 2.76. The molecule has 2 unspecified atom stereocenters. The molecule has 144 valence electrons. The molecular weight excluding hydrogens is 363 g/mol. The van der Waals surface area contributed by atoms with Gasteiger partial charge in [0.15, 0.2) is 11.5 Å². The van der Waals surface area contributed by atoms with Crippen LogP contribution in [0.1, 0.15) is 12.5 Å². The van der Waals surface area contributed by atoms with Gasteiger partial charge in [-0.15, -0.1) is 13.2 Å². The number of nitrogens with zero attached hydrogens (tertiary/aromatic N) is 1. The molecule has 1 aliphatic heterocycles. The van der Waals surface area contributed by atoms with Crippen LogP contribution in [0, 0.1) is 0 Å². The number of fused-ring (bicyclic) bond motifs is 1. The van der Waals surface area contributed by atoms with Crippen molar-refractivity contribution >= 4 is 5.91 Å². The first-order valence-electron chi connectivity index (χ1n) is 8.25. The lowest BCUT2D eigenvalue weighted by atomic mass is 10.1. The van der Waals surface area contributed by atoms with E-state index in [9.17, 15) is 18.0 Å². The van der Waals surface area contributed by atoms with Crippen molar-refractivity contribution in [3.63, 3.8) is 0 Å². The Morgan fingerprint density at radius 2 is 1.67 bits per heavy atom. The molecule has 0 aliphatic carbocycles. The summed E-state index contributed by atoms with van der Waals surface area (Å²) in [6, 6.07) is 12.5.